The summed E-state index contributed by atoms with van der Waals surface area (Å²) in [5.74, 6) is 1.03. The molecule has 1 aromatic heterocycles. The van der Waals surface area contributed by atoms with Crippen molar-refractivity contribution >= 4 is 0 Å². The predicted molar refractivity (Wildman–Crippen MR) is 65.3 cm³/mol. The van der Waals surface area contributed by atoms with Crippen molar-refractivity contribution in [3.8, 4) is 11.6 Å². The molecule has 5 nitrogen and oxygen atoms in total. The molecule has 0 amide bonds. The summed E-state index contributed by atoms with van der Waals surface area (Å²) >= 11 is 0. The Hall–Kier alpha value is -1.98. The molecule has 0 saturated heterocycles. The van der Waals surface area contributed by atoms with Gasteiger partial charge in [-0.2, -0.15) is 0 Å². The third kappa shape index (κ3) is 3.26. The smallest absolute Gasteiger partial charge is 0.238 e. The highest BCUT2D eigenvalue weighted by Gasteiger charge is 2.00. The van der Waals surface area contributed by atoms with Crippen LogP contribution in [0.2, 0.25) is 0 Å². The molecule has 5 heteroatoms. The lowest BCUT2D eigenvalue weighted by molar-refractivity contribution is 0.274. The number of aliphatic hydroxyl groups excluding tert-OH is 2. The minimum absolute atomic E-state index is 0.133. The summed E-state index contributed by atoms with van der Waals surface area (Å²) in [5.41, 5.74) is 1.55. The lowest BCUT2D eigenvalue weighted by Crippen LogP contribution is -1.95. The van der Waals surface area contributed by atoms with Gasteiger partial charge in [-0.1, -0.05) is 12.1 Å². The first-order chi connectivity index (χ1) is 8.81. The summed E-state index contributed by atoms with van der Waals surface area (Å²) in [7, 11) is 0. The van der Waals surface area contributed by atoms with Gasteiger partial charge < -0.3 is 14.9 Å². The summed E-state index contributed by atoms with van der Waals surface area (Å²) in [6.07, 6.45) is 0.630. The zero-order chi connectivity index (χ0) is 12.8. The van der Waals surface area contributed by atoms with Crippen LogP contribution in [0.4, 0.5) is 0 Å². The highest BCUT2D eigenvalue weighted by molar-refractivity contribution is 5.30. The van der Waals surface area contributed by atoms with Gasteiger partial charge in [-0.15, -0.1) is 10.2 Å². The van der Waals surface area contributed by atoms with Gasteiger partial charge in [0.25, 0.3) is 0 Å². The Bertz CT molecular complexity index is 483. The molecule has 0 saturated carbocycles. The molecule has 2 aromatic rings. The summed E-state index contributed by atoms with van der Waals surface area (Å²) in [6.45, 7) is -0.00254. The predicted octanol–water partition coefficient (Wildman–Crippen LogP) is 1.30. The van der Waals surface area contributed by atoms with Crippen molar-refractivity contribution in [2.24, 2.45) is 0 Å². The van der Waals surface area contributed by atoms with E-state index in [-0.39, 0.29) is 13.2 Å². The molecule has 2 N–H and O–H groups in total. The molecule has 0 aliphatic rings. The van der Waals surface area contributed by atoms with Crippen molar-refractivity contribution < 1.29 is 14.9 Å². The third-order valence-electron chi connectivity index (χ3n) is 2.40. The van der Waals surface area contributed by atoms with Gasteiger partial charge in [-0.05, 0) is 30.2 Å². The average Bonchev–Trinajstić information content (AvgIpc) is 2.42. The van der Waals surface area contributed by atoms with Crippen molar-refractivity contribution in [3.05, 3.63) is 47.7 Å². The Kier molecular flexibility index (Phi) is 4.22. The maximum absolute atomic E-state index is 8.84. The summed E-state index contributed by atoms with van der Waals surface area (Å²) in [4.78, 5) is 0. The Morgan fingerprint density at radius 1 is 0.944 bits per heavy atom. The van der Waals surface area contributed by atoms with E-state index in [2.05, 4.69) is 10.2 Å². The van der Waals surface area contributed by atoms with E-state index in [1.807, 2.05) is 24.3 Å². The number of aromatic nitrogens is 2. The topological polar surface area (TPSA) is 75.5 Å². The maximum Gasteiger partial charge on any atom is 0.238 e. The first kappa shape index (κ1) is 12.5. The molecule has 0 bridgehead atoms. The molecule has 18 heavy (non-hydrogen) atoms. The number of nitrogens with zero attached hydrogens (tertiary/aromatic N) is 2. The number of ether oxygens (including phenoxy) is 1. The molecule has 0 spiro atoms. The number of aliphatic hydroxyl groups is 2. The van der Waals surface area contributed by atoms with Crippen LogP contribution in [0.3, 0.4) is 0 Å². The van der Waals surface area contributed by atoms with Gasteiger partial charge in [0, 0.05) is 12.7 Å². The summed E-state index contributed by atoms with van der Waals surface area (Å²) < 4.78 is 5.49. The van der Waals surface area contributed by atoms with Crippen LogP contribution in [-0.4, -0.2) is 27.0 Å². The normalized spacial score (nSPS) is 10.3. The van der Waals surface area contributed by atoms with E-state index in [9.17, 15) is 0 Å². The molecule has 0 fully saturated rings. The fourth-order valence-electron chi connectivity index (χ4n) is 1.46. The molecule has 0 radical (unpaired) electrons. The van der Waals surface area contributed by atoms with Crippen LogP contribution < -0.4 is 4.74 Å². The van der Waals surface area contributed by atoms with E-state index in [4.69, 9.17) is 14.9 Å². The van der Waals surface area contributed by atoms with Crippen LogP contribution >= 0.6 is 0 Å². The van der Waals surface area contributed by atoms with Crippen molar-refractivity contribution in [1.82, 2.24) is 10.2 Å². The van der Waals surface area contributed by atoms with E-state index in [1.54, 1.807) is 12.1 Å². The number of benzene rings is 1. The third-order valence-corrected chi connectivity index (χ3v) is 2.40. The van der Waals surface area contributed by atoms with E-state index < -0.39 is 0 Å². The van der Waals surface area contributed by atoms with Crippen LogP contribution in [0.25, 0.3) is 0 Å². The Morgan fingerprint density at radius 3 is 2.28 bits per heavy atom. The fraction of sp³-hybridized carbons (Fsp3) is 0.231. The minimum Gasteiger partial charge on any atom is -0.438 e. The molecule has 0 aliphatic heterocycles. The SMILES string of the molecule is OCCc1ccc(Oc2ccc(CO)nn2)cc1. The maximum atomic E-state index is 8.84. The van der Waals surface area contributed by atoms with Gasteiger partial charge >= 0.3 is 0 Å². The molecule has 2 rings (SSSR count). The molecule has 1 heterocycles. The quantitative estimate of drug-likeness (QED) is 0.831. The van der Waals surface area contributed by atoms with Gasteiger partial charge in [0.2, 0.25) is 5.88 Å². The monoisotopic (exact) mass is 246 g/mol. The van der Waals surface area contributed by atoms with Gasteiger partial charge in [-0.3, -0.25) is 0 Å². The zero-order valence-electron chi connectivity index (χ0n) is 9.78. The van der Waals surface area contributed by atoms with Crippen LogP contribution in [0.5, 0.6) is 11.6 Å². The van der Waals surface area contributed by atoms with Gasteiger partial charge in [0.1, 0.15) is 5.75 Å². The highest BCUT2D eigenvalue weighted by atomic mass is 16.5. The minimum atomic E-state index is -0.136. The first-order valence-electron chi connectivity index (χ1n) is 5.63. The molecule has 94 valence electrons. The van der Waals surface area contributed by atoms with Gasteiger partial charge in [-0.25, -0.2) is 0 Å². The second-order valence-corrected chi connectivity index (χ2v) is 3.74. The second-order valence-electron chi connectivity index (χ2n) is 3.74. The van der Waals surface area contributed by atoms with Gasteiger partial charge in [0.15, 0.2) is 0 Å². The van der Waals surface area contributed by atoms with Crippen LogP contribution in [0.15, 0.2) is 36.4 Å². The van der Waals surface area contributed by atoms with Crippen molar-refractivity contribution in [1.29, 1.82) is 0 Å². The van der Waals surface area contributed by atoms with E-state index in [0.29, 0.717) is 23.7 Å². The van der Waals surface area contributed by atoms with Crippen molar-refractivity contribution in [3.63, 3.8) is 0 Å². The van der Waals surface area contributed by atoms with Crippen LogP contribution in [0.1, 0.15) is 11.3 Å². The van der Waals surface area contributed by atoms with Crippen molar-refractivity contribution in [2.75, 3.05) is 6.61 Å². The van der Waals surface area contributed by atoms with Gasteiger partial charge in [0.05, 0.1) is 12.3 Å². The molecule has 0 aliphatic carbocycles. The van der Waals surface area contributed by atoms with E-state index in [1.165, 1.54) is 0 Å². The number of rotatable bonds is 5. The Morgan fingerprint density at radius 2 is 1.72 bits per heavy atom. The summed E-state index contributed by atoms with van der Waals surface area (Å²) in [6, 6.07) is 10.7. The lowest BCUT2D eigenvalue weighted by Gasteiger charge is -2.05. The molecular formula is C13H14N2O3. The van der Waals surface area contributed by atoms with Crippen LogP contribution in [-0.2, 0) is 13.0 Å². The Labute approximate surface area is 105 Å². The first-order valence-corrected chi connectivity index (χ1v) is 5.63. The molecule has 1 aromatic carbocycles. The van der Waals surface area contributed by atoms with Crippen LogP contribution in [0, 0.1) is 0 Å². The molecule has 0 unspecified atom stereocenters. The fourth-order valence-corrected chi connectivity index (χ4v) is 1.46. The standard InChI is InChI=1S/C13H14N2O3/c16-8-7-10-1-4-12(5-2-10)18-13-6-3-11(9-17)14-15-13/h1-6,16-17H,7-9H2. The number of hydrogen-bond donors (Lipinski definition) is 2. The summed E-state index contributed by atoms with van der Waals surface area (Å²) in [5, 5.41) is 25.3. The second kappa shape index (κ2) is 6.09. The number of hydrogen-bond acceptors (Lipinski definition) is 5. The highest BCUT2D eigenvalue weighted by Crippen LogP contribution is 2.19. The molecular weight excluding hydrogens is 232 g/mol. The average molecular weight is 246 g/mol. The molecule has 0 atom stereocenters. The lowest BCUT2D eigenvalue weighted by atomic mass is 10.1. The van der Waals surface area contributed by atoms with E-state index in [0.717, 1.165) is 5.56 Å². The zero-order valence-corrected chi connectivity index (χ0v) is 9.78. The Balaban J connectivity index is 2.03. The van der Waals surface area contributed by atoms with E-state index >= 15 is 0 Å². The largest absolute Gasteiger partial charge is 0.438 e. The van der Waals surface area contributed by atoms with Crippen molar-refractivity contribution in [2.45, 2.75) is 13.0 Å².